The maximum Gasteiger partial charge on any atom is 0.417 e. The van der Waals surface area contributed by atoms with Crippen LogP contribution in [-0.2, 0) is 10.9 Å². The number of benzene rings is 2. The van der Waals surface area contributed by atoms with Gasteiger partial charge in [-0.3, -0.25) is 4.90 Å². The SMILES string of the molecule is N#Cc1c(N)sc2c(F)ccc(-c3c(C(F)(F)F)cc4c(N5CC6(COC6)C5)nc(OCC56CCCN5CC(F)C6)nc4c3F)c12. The van der Waals surface area contributed by atoms with Crippen LogP contribution in [-0.4, -0.2) is 72.6 Å². The summed E-state index contributed by atoms with van der Waals surface area (Å²) in [6.45, 7) is 2.89. The van der Waals surface area contributed by atoms with E-state index in [0.717, 1.165) is 24.6 Å². The molecule has 0 amide bonds. The molecule has 1 spiro atoms. The standard InChI is InChI=1S/C31H26F6N6O2S/c32-15-7-30(4-1-5-43(30)9-15)14-45-28-40-24-17(27(41-28)42-10-29(11-42)12-44-13-29)6-19(31(35,36)37)22(23(24)34)16-2-3-20(33)25-21(16)18(8-38)26(39)46-25/h2-3,6,15H,1,4-5,7,9-14,39H2. The van der Waals surface area contributed by atoms with Crippen LogP contribution in [0.2, 0.25) is 0 Å². The molecule has 2 atom stereocenters. The first kappa shape index (κ1) is 29.5. The van der Waals surface area contributed by atoms with E-state index in [2.05, 4.69) is 9.97 Å². The molecule has 240 valence electrons. The molecule has 0 radical (unpaired) electrons. The Hall–Kier alpha value is -3.87. The molecule has 0 aliphatic carbocycles. The second-order valence-corrected chi connectivity index (χ2v) is 13.9. The second kappa shape index (κ2) is 10.1. The number of nitrogens with zero attached hydrogens (tertiary/aromatic N) is 5. The van der Waals surface area contributed by atoms with Gasteiger partial charge in [-0.15, -0.1) is 11.3 Å². The molecule has 0 saturated carbocycles. The third-order valence-electron chi connectivity index (χ3n) is 9.79. The molecule has 6 heterocycles. The van der Waals surface area contributed by atoms with Gasteiger partial charge in [0.25, 0.3) is 0 Å². The molecule has 4 aliphatic heterocycles. The number of aromatic nitrogens is 2. The van der Waals surface area contributed by atoms with E-state index in [1.54, 1.807) is 4.90 Å². The first-order chi connectivity index (χ1) is 21.9. The van der Waals surface area contributed by atoms with Crippen molar-refractivity contribution in [3.8, 4) is 23.2 Å². The Morgan fingerprint density at radius 2 is 1.98 bits per heavy atom. The van der Waals surface area contributed by atoms with Crippen molar-refractivity contribution < 1.29 is 35.8 Å². The van der Waals surface area contributed by atoms with Crippen molar-refractivity contribution in [2.24, 2.45) is 5.41 Å². The van der Waals surface area contributed by atoms with E-state index in [0.29, 0.717) is 50.6 Å². The highest BCUT2D eigenvalue weighted by molar-refractivity contribution is 7.23. The number of nitrogens with two attached hydrogens (primary N) is 1. The zero-order valence-electron chi connectivity index (χ0n) is 24.2. The zero-order valence-corrected chi connectivity index (χ0v) is 25.0. The third kappa shape index (κ3) is 4.33. The smallest absolute Gasteiger partial charge is 0.417 e. The van der Waals surface area contributed by atoms with Gasteiger partial charge in [0.15, 0.2) is 5.82 Å². The van der Waals surface area contributed by atoms with E-state index >= 15 is 4.39 Å². The van der Waals surface area contributed by atoms with Crippen molar-refractivity contribution in [3.63, 3.8) is 0 Å². The summed E-state index contributed by atoms with van der Waals surface area (Å²) >= 11 is 0.697. The first-order valence-electron chi connectivity index (χ1n) is 14.8. The van der Waals surface area contributed by atoms with Crippen molar-refractivity contribution in [2.75, 3.05) is 56.6 Å². The lowest BCUT2D eigenvalue weighted by atomic mass is 9.78. The lowest BCUT2D eigenvalue weighted by molar-refractivity contribution is -0.137. The molecule has 2 unspecified atom stereocenters. The summed E-state index contributed by atoms with van der Waals surface area (Å²) in [6, 6.07) is 4.31. The van der Waals surface area contributed by atoms with Crippen LogP contribution in [0.5, 0.6) is 6.01 Å². The van der Waals surface area contributed by atoms with Gasteiger partial charge in [-0.1, -0.05) is 6.07 Å². The normalized spacial score (nSPS) is 23.9. The highest BCUT2D eigenvalue weighted by Gasteiger charge is 2.51. The predicted molar refractivity (Wildman–Crippen MR) is 158 cm³/mol. The summed E-state index contributed by atoms with van der Waals surface area (Å²) in [5, 5.41) is 9.27. The molecule has 4 aliphatic rings. The fraction of sp³-hybridized carbons (Fsp3) is 0.452. The van der Waals surface area contributed by atoms with Crippen molar-refractivity contribution in [3.05, 3.63) is 41.0 Å². The molecule has 2 aromatic heterocycles. The molecule has 4 saturated heterocycles. The molecule has 8 nitrogen and oxygen atoms in total. The number of nitrogen functional groups attached to an aromatic ring is 1. The van der Waals surface area contributed by atoms with Gasteiger partial charge in [-0.2, -0.15) is 28.4 Å². The Balaban J connectivity index is 1.33. The lowest BCUT2D eigenvalue weighted by Gasteiger charge is -2.55. The summed E-state index contributed by atoms with van der Waals surface area (Å²) in [7, 11) is 0. The molecule has 0 bridgehead atoms. The van der Waals surface area contributed by atoms with Gasteiger partial charge in [0.2, 0.25) is 0 Å². The number of hydrogen-bond acceptors (Lipinski definition) is 9. The summed E-state index contributed by atoms with van der Waals surface area (Å²) in [5.74, 6) is -2.06. The monoisotopic (exact) mass is 660 g/mol. The van der Waals surface area contributed by atoms with Crippen LogP contribution in [0, 0.1) is 28.4 Å². The Kier molecular flexibility index (Phi) is 6.46. The lowest BCUT2D eigenvalue weighted by Crippen LogP contribution is -2.66. The van der Waals surface area contributed by atoms with E-state index in [9.17, 15) is 27.2 Å². The van der Waals surface area contributed by atoms with Crippen molar-refractivity contribution in [1.82, 2.24) is 14.9 Å². The number of thiophene rings is 1. The molecule has 2 N–H and O–H groups in total. The summed E-state index contributed by atoms with van der Waals surface area (Å²) in [5.41, 5.74) is 1.97. The van der Waals surface area contributed by atoms with Crippen molar-refractivity contribution >= 4 is 43.1 Å². The van der Waals surface area contributed by atoms with E-state index in [1.807, 2.05) is 11.0 Å². The maximum atomic E-state index is 16.9. The van der Waals surface area contributed by atoms with Crippen molar-refractivity contribution in [2.45, 2.75) is 37.1 Å². The van der Waals surface area contributed by atoms with E-state index < -0.39 is 46.2 Å². The Morgan fingerprint density at radius 1 is 1.20 bits per heavy atom. The molecular formula is C31H26F6N6O2S. The molecule has 46 heavy (non-hydrogen) atoms. The number of fused-ring (bicyclic) bond motifs is 3. The molecule has 15 heteroatoms. The second-order valence-electron chi connectivity index (χ2n) is 12.8. The number of anilines is 2. The van der Waals surface area contributed by atoms with Gasteiger partial charge in [0.1, 0.15) is 41.0 Å². The van der Waals surface area contributed by atoms with Gasteiger partial charge in [-0.25, -0.2) is 13.2 Å². The van der Waals surface area contributed by atoms with Gasteiger partial charge >= 0.3 is 12.2 Å². The Labute approximate surface area is 262 Å². The van der Waals surface area contributed by atoms with Gasteiger partial charge in [0.05, 0.1) is 40.0 Å². The molecule has 8 rings (SSSR count). The number of ether oxygens (including phenoxy) is 2. The highest BCUT2D eigenvalue weighted by Crippen LogP contribution is 2.49. The summed E-state index contributed by atoms with van der Waals surface area (Å²) < 4.78 is 102. The minimum absolute atomic E-state index is 0.0313. The largest absolute Gasteiger partial charge is 0.461 e. The minimum Gasteiger partial charge on any atom is -0.461 e. The van der Waals surface area contributed by atoms with E-state index in [1.165, 1.54) is 0 Å². The van der Waals surface area contributed by atoms with Crippen LogP contribution in [0.3, 0.4) is 0 Å². The van der Waals surface area contributed by atoms with Crippen molar-refractivity contribution in [1.29, 1.82) is 5.26 Å². The molecular weight excluding hydrogens is 634 g/mol. The maximum absolute atomic E-state index is 16.9. The summed E-state index contributed by atoms with van der Waals surface area (Å²) in [4.78, 5) is 12.6. The molecule has 2 aromatic carbocycles. The zero-order chi connectivity index (χ0) is 32.2. The summed E-state index contributed by atoms with van der Waals surface area (Å²) in [6.07, 6.45) is -4.25. The number of nitriles is 1. The Morgan fingerprint density at radius 3 is 2.67 bits per heavy atom. The van der Waals surface area contributed by atoms with Gasteiger partial charge in [0, 0.05) is 42.4 Å². The fourth-order valence-corrected chi connectivity index (χ4v) is 8.58. The quantitative estimate of drug-likeness (QED) is 0.258. The fourth-order valence-electron chi connectivity index (χ4n) is 7.63. The third-order valence-corrected chi connectivity index (χ3v) is 10.8. The average Bonchev–Trinajstić information content (AvgIpc) is 3.60. The van der Waals surface area contributed by atoms with Crippen LogP contribution in [0.1, 0.15) is 30.4 Å². The predicted octanol–water partition coefficient (Wildman–Crippen LogP) is 6.05. The van der Waals surface area contributed by atoms with Gasteiger partial charge in [-0.05, 0) is 37.1 Å². The molecule has 4 aromatic rings. The van der Waals surface area contributed by atoms with Crippen LogP contribution < -0.4 is 15.4 Å². The highest BCUT2D eigenvalue weighted by atomic mass is 32.1. The van der Waals surface area contributed by atoms with E-state index in [-0.39, 0.29) is 68.4 Å². The van der Waals surface area contributed by atoms with E-state index in [4.69, 9.17) is 15.2 Å². The molecule has 4 fully saturated rings. The number of halogens is 6. The average molecular weight is 661 g/mol. The Bertz CT molecular complexity index is 1970. The van der Waals surface area contributed by atoms with Gasteiger partial charge < -0.3 is 20.1 Å². The minimum atomic E-state index is -5.06. The number of rotatable bonds is 5. The van der Waals surface area contributed by atoms with Crippen LogP contribution in [0.15, 0.2) is 18.2 Å². The number of hydrogen-bond donors (Lipinski definition) is 1. The van der Waals surface area contributed by atoms with Crippen LogP contribution in [0.4, 0.5) is 37.2 Å². The van der Waals surface area contributed by atoms with Crippen LogP contribution in [0.25, 0.3) is 32.1 Å². The topological polar surface area (TPSA) is 101 Å². The van der Waals surface area contributed by atoms with Crippen LogP contribution >= 0.6 is 11.3 Å². The first-order valence-corrected chi connectivity index (χ1v) is 15.6. The number of alkyl halides is 4.